The first-order valence-electron chi connectivity index (χ1n) is 6.38. The van der Waals surface area contributed by atoms with Crippen molar-refractivity contribution in [3.8, 4) is 0 Å². The number of carbonyl (C=O) groups is 2. The smallest absolute Gasteiger partial charge is 0.329 e. The molecule has 0 aromatic rings. The summed E-state index contributed by atoms with van der Waals surface area (Å²) in [5.41, 5.74) is -1.02. The average molecular weight is 241 g/mol. The topological polar surface area (TPSA) is 66.4 Å². The second kappa shape index (κ2) is 5.52. The number of carbonyl (C=O) groups excluding carboxylic acids is 1. The van der Waals surface area contributed by atoms with Crippen molar-refractivity contribution in [2.24, 2.45) is 11.8 Å². The van der Waals surface area contributed by atoms with Crippen LogP contribution >= 0.6 is 0 Å². The lowest BCUT2D eigenvalue weighted by atomic mass is 9.73. The van der Waals surface area contributed by atoms with Crippen molar-refractivity contribution >= 4 is 11.9 Å². The lowest BCUT2D eigenvalue weighted by Gasteiger charge is -2.38. The maximum absolute atomic E-state index is 11.4. The van der Waals surface area contributed by atoms with Crippen molar-refractivity contribution in [2.45, 2.75) is 58.4 Å². The Bertz CT molecular complexity index is 301. The molecule has 2 unspecified atom stereocenters. The fourth-order valence-electron chi connectivity index (χ4n) is 2.96. The quantitative estimate of drug-likeness (QED) is 0.792. The highest BCUT2D eigenvalue weighted by molar-refractivity contribution is 5.86. The first kappa shape index (κ1) is 14.0. The summed E-state index contributed by atoms with van der Waals surface area (Å²) in [7, 11) is 0. The minimum atomic E-state index is -1.02. The molecular formula is C13H23NO3. The molecule has 98 valence electrons. The average Bonchev–Trinajstić information content (AvgIpc) is 2.15. The summed E-state index contributed by atoms with van der Waals surface area (Å²) >= 11 is 0. The van der Waals surface area contributed by atoms with E-state index in [0.717, 1.165) is 19.3 Å². The molecule has 0 heterocycles. The molecular weight excluding hydrogens is 218 g/mol. The van der Waals surface area contributed by atoms with E-state index >= 15 is 0 Å². The van der Waals surface area contributed by atoms with Crippen molar-refractivity contribution in [3.05, 3.63) is 0 Å². The van der Waals surface area contributed by atoms with Crippen molar-refractivity contribution in [1.29, 1.82) is 0 Å². The third-order valence-electron chi connectivity index (χ3n) is 3.48. The minimum absolute atomic E-state index is 0.252. The molecule has 4 heteroatoms. The Kier molecular flexibility index (Phi) is 4.54. The fraction of sp³-hybridized carbons (Fsp3) is 0.846. The second-order valence-electron chi connectivity index (χ2n) is 5.66. The molecule has 0 aromatic carbocycles. The van der Waals surface area contributed by atoms with Gasteiger partial charge in [-0.2, -0.15) is 0 Å². The molecule has 0 bridgehead atoms. The maximum atomic E-state index is 11.4. The number of amides is 1. The molecule has 0 aromatic heterocycles. The lowest BCUT2D eigenvalue weighted by Crippen LogP contribution is -2.56. The number of hydrogen-bond acceptors (Lipinski definition) is 2. The molecule has 1 amide bonds. The SMILES string of the molecule is CC(=O)NC1(C(=O)O)CCCC(CC(C)C)C1. The van der Waals surface area contributed by atoms with E-state index in [9.17, 15) is 14.7 Å². The van der Waals surface area contributed by atoms with Gasteiger partial charge in [0.25, 0.3) is 0 Å². The van der Waals surface area contributed by atoms with E-state index in [0.29, 0.717) is 24.7 Å². The molecule has 1 aliphatic rings. The lowest BCUT2D eigenvalue weighted by molar-refractivity contribution is -0.150. The van der Waals surface area contributed by atoms with Crippen molar-refractivity contribution in [2.75, 3.05) is 0 Å². The van der Waals surface area contributed by atoms with Crippen LogP contribution in [0.15, 0.2) is 0 Å². The van der Waals surface area contributed by atoms with Gasteiger partial charge in [-0.15, -0.1) is 0 Å². The molecule has 0 radical (unpaired) electrons. The van der Waals surface area contributed by atoms with Gasteiger partial charge in [0.2, 0.25) is 5.91 Å². The highest BCUT2D eigenvalue weighted by Gasteiger charge is 2.43. The number of carboxylic acids is 1. The molecule has 0 aliphatic heterocycles. The van der Waals surface area contributed by atoms with Crippen LogP contribution in [0.5, 0.6) is 0 Å². The van der Waals surface area contributed by atoms with Crippen LogP contribution in [0.1, 0.15) is 52.9 Å². The summed E-state index contributed by atoms with van der Waals surface area (Å²) in [6.45, 7) is 5.68. The predicted molar refractivity (Wildman–Crippen MR) is 65.6 cm³/mol. The Morgan fingerprint density at radius 1 is 1.47 bits per heavy atom. The van der Waals surface area contributed by atoms with Crippen LogP contribution in [0.3, 0.4) is 0 Å². The van der Waals surface area contributed by atoms with E-state index in [1.807, 2.05) is 0 Å². The molecule has 17 heavy (non-hydrogen) atoms. The molecule has 2 N–H and O–H groups in total. The monoisotopic (exact) mass is 241 g/mol. The summed E-state index contributed by atoms with van der Waals surface area (Å²) in [5, 5.41) is 12.0. The number of aliphatic carboxylic acids is 1. The van der Waals surface area contributed by atoms with Gasteiger partial charge in [-0.1, -0.05) is 26.7 Å². The van der Waals surface area contributed by atoms with Gasteiger partial charge in [-0.25, -0.2) is 4.79 Å². The number of rotatable bonds is 4. The summed E-state index contributed by atoms with van der Waals surface area (Å²) < 4.78 is 0. The van der Waals surface area contributed by atoms with Gasteiger partial charge >= 0.3 is 5.97 Å². The first-order chi connectivity index (χ1) is 7.85. The number of nitrogens with one attached hydrogen (secondary N) is 1. The maximum Gasteiger partial charge on any atom is 0.329 e. The van der Waals surface area contributed by atoms with Crippen LogP contribution < -0.4 is 5.32 Å². The van der Waals surface area contributed by atoms with Crippen LogP contribution in [0.4, 0.5) is 0 Å². The molecule has 1 aliphatic carbocycles. The largest absolute Gasteiger partial charge is 0.480 e. The van der Waals surface area contributed by atoms with Crippen molar-refractivity contribution in [3.63, 3.8) is 0 Å². The first-order valence-corrected chi connectivity index (χ1v) is 6.38. The molecule has 1 fully saturated rings. The minimum Gasteiger partial charge on any atom is -0.480 e. The number of hydrogen-bond donors (Lipinski definition) is 2. The van der Waals surface area contributed by atoms with Crippen LogP contribution in [0, 0.1) is 11.8 Å². The van der Waals surface area contributed by atoms with E-state index in [1.54, 1.807) is 0 Å². The molecule has 1 rings (SSSR count). The Balaban J connectivity index is 2.76. The Morgan fingerprint density at radius 2 is 2.12 bits per heavy atom. The zero-order valence-corrected chi connectivity index (χ0v) is 11.0. The Hall–Kier alpha value is -1.06. The van der Waals surface area contributed by atoms with Gasteiger partial charge in [0.1, 0.15) is 5.54 Å². The van der Waals surface area contributed by atoms with Gasteiger partial charge in [0.15, 0.2) is 0 Å². The van der Waals surface area contributed by atoms with Gasteiger partial charge < -0.3 is 10.4 Å². The highest BCUT2D eigenvalue weighted by atomic mass is 16.4. The standard InChI is InChI=1S/C13H23NO3/c1-9(2)7-11-5-4-6-13(8-11,12(16)17)14-10(3)15/h9,11H,4-8H2,1-3H3,(H,14,15)(H,16,17). The molecule has 0 saturated heterocycles. The van der Waals surface area contributed by atoms with E-state index in [4.69, 9.17) is 0 Å². The van der Waals surface area contributed by atoms with Crippen LogP contribution in [0.2, 0.25) is 0 Å². The van der Waals surface area contributed by atoms with Gasteiger partial charge in [0.05, 0.1) is 0 Å². The van der Waals surface area contributed by atoms with Gasteiger partial charge in [-0.3, -0.25) is 4.79 Å². The van der Waals surface area contributed by atoms with Crippen LogP contribution in [-0.2, 0) is 9.59 Å². The van der Waals surface area contributed by atoms with Crippen molar-refractivity contribution < 1.29 is 14.7 Å². The Morgan fingerprint density at radius 3 is 2.59 bits per heavy atom. The second-order valence-corrected chi connectivity index (χ2v) is 5.66. The number of carboxylic acid groups (broad SMARTS) is 1. The highest BCUT2D eigenvalue weighted by Crippen LogP contribution is 2.36. The molecule has 0 spiro atoms. The molecule has 1 saturated carbocycles. The summed E-state index contributed by atoms with van der Waals surface area (Å²) in [6, 6.07) is 0. The molecule has 4 nitrogen and oxygen atoms in total. The van der Waals surface area contributed by atoms with E-state index in [-0.39, 0.29) is 5.91 Å². The summed E-state index contributed by atoms with van der Waals surface area (Å²) in [4.78, 5) is 22.6. The van der Waals surface area contributed by atoms with Gasteiger partial charge in [-0.05, 0) is 31.1 Å². The summed E-state index contributed by atoms with van der Waals surface area (Å²) in [6.07, 6.45) is 4.11. The zero-order valence-electron chi connectivity index (χ0n) is 11.0. The van der Waals surface area contributed by atoms with Crippen molar-refractivity contribution in [1.82, 2.24) is 5.32 Å². The van der Waals surface area contributed by atoms with E-state index in [1.165, 1.54) is 6.92 Å². The summed E-state index contributed by atoms with van der Waals surface area (Å²) in [5.74, 6) is -0.160. The van der Waals surface area contributed by atoms with Crippen LogP contribution in [0.25, 0.3) is 0 Å². The van der Waals surface area contributed by atoms with E-state index in [2.05, 4.69) is 19.2 Å². The zero-order chi connectivity index (χ0) is 13.1. The van der Waals surface area contributed by atoms with Crippen LogP contribution in [-0.4, -0.2) is 22.5 Å². The fourth-order valence-corrected chi connectivity index (χ4v) is 2.96. The third kappa shape index (κ3) is 3.72. The van der Waals surface area contributed by atoms with Gasteiger partial charge in [0, 0.05) is 6.92 Å². The normalized spacial score (nSPS) is 29.1. The predicted octanol–water partition coefficient (Wildman–Crippen LogP) is 2.18. The Labute approximate surface area is 103 Å². The molecule has 2 atom stereocenters. The third-order valence-corrected chi connectivity index (χ3v) is 3.48. The van der Waals surface area contributed by atoms with E-state index < -0.39 is 11.5 Å².